The van der Waals surface area contributed by atoms with E-state index in [1.165, 1.54) is 0 Å². The predicted molar refractivity (Wildman–Crippen MR) is 71.9 cm³/mol. The van der Waals surface area contributed by atoms with Crippen molar-refractivity contribution in [3.63, 3.8) is 0 Å². The highest BCUT2D eigenvalue weighted by molar-refractivity contribution is 5.99. The van der Waals surface area contributed by atoms with E-state index >= 15 is 0 Å². The number of carboxylic acids is 1. The lowest BCUT2D eigenvalue weighted by Gasteiger charge is -2.40. The maximum Gasteiger partial charge on any atom is 0.324 e. The van der Waals surface area contributed by atoms with Gasteiger partial charge >= 0.3 is 11.9 Å². The van der Waals surface area contributed by atoms with Gasteiger partial charge in [-0.15, -0.1) is 0 Å². The largest absolute Gasteiger partial charge is 0.480 e. The number of piperidine rings is 1. The van der Waals surface area contributed by atoms with Gasteiger partial charge in [0.1, 0.15) is 5.60 Å². The number of hydrogen-bond donors (Lipinski definition) is 1. The fourth-order valence-electron chi connectivity index (χ4n) is 2.30. The first-order valence-corrected chi connectivity index (χ1v) is 6.79. The lowest BCUT2D eigenvalue weighted by atomic mass is 9.78. The van der Waals surface area contributed by atoms with Gasteiger partial charge in [0.2, 0.25) is 0 Å². The zero-order valence-corrected chi connectivity index (χ0v) is 12.5. The number of aliphatic carboxylic acids is 1. The number of esters is 1. The second-order valence-corrected chi connectivity index (χ2v) is 6.52. The van der Waals surface area contributed by atoms with Gasteiger partial charge in [-0.3, -0.25) is 9.59 Å². The third kappa shape index (κ3) is 3.69. The van der Waals surface area contributed by atoms with E-state index in [1.807, 2.05) is 0 Å². The Balaban J connectivity index is 2.84. The fourth-order valence-corrected chi connectivity index (χ4v) is 2.30. The van der Waals surface area contributed by atoms with Crippen LogP contribution in [0.4, 0.5) is 0 Å². The van der Waals surface area contributed by atoms with Crippen molar-refractivity contribution >= 4 is 11.9 Å². The molecule has 5 nitrogen and oxygen atoms in total. The Morgan fingerprint density at radius 2 is 1.68 bits per heavy atom. The maximum absolute atomic E-state index is 12.2. The van der Waals surface area contributed by atoms with Crippen LogP contribution in [0, 0.1) is 5.41 Å². The molecule has 19 heavy (non-hydrogen) atoms. The zero-order valence-electron chi connectivity index (χ0n) is 12.5. The predicted octanol–water partition coefficient (Wildman–Crippen LogP) is 1.90. The van der Waals surface area contributed by atoms with Gasteiger partial charge < -0.3 is 14.7 Å². The molecule has 0 aromatic carbocycles. The van der Waals surface area contributed by atoms with Gasteiger partial charge in [0, 0.05) is 19.1 Å². The molecule has 0 atom stereocenters. The van der Waals surface area contributed by atoms with Crippen LogP contribution in [-0.2, 0) is 14.3 Å². The first-order valence-electron chi connectivity index (χ1n) is 6.79. The van der Waals surface area contributed by atoms with E-state index in [2.05, 4.69) is 18.7 Å². The smallest absolute Gasteiger partial charge is 0.324 e. The summed E-state index contributed by atoms with van der Waals surface area (Å²) in [6.07, 6.45) is 0.630. The van der Waals surface area contributed by atoms with E-state index in [9.17, 15) is 14.7 Å². The Hall–Kier alpha value is -1.10. The molecule has 0 aliphatic carbocycles. The van der Waals surface area contributed by atoms with Crippen LogP contribution in [0.1, 0.15) is 47.5 Å². The number of carbonyl (C=O) groups excluding carboxylic acids is 1. The normalized spacial score (nSPS) is 20.3. The second kappa shape index (κ2) is 5.49. The molecule has 0 radical (unpaired) electrons. The average molecular weight is 271 g/mol. The molecule has 0 spiro atoms. The van der Waals surface area contributed by atoms with Gasteiger partial charge in [0.05, 0.1) is 0 Å². The Morgan fingerprint density at radius 1 is 1.21 bits per heavy atom. The van der Waals surface area contributed by atoms with Crippen molar-refractivity contribution in [3.05, 3.63) is 0 Å². The van der Waals surface area contributed by atoms with Crippen LogP contribution in [0.2, 0.25) is 0 Å². The van der Waals surface area contributed by atoms with Crippen LogP contribution < -0.4 is 0 Å². The van der Waals surface area contributed by atoms with E-state index in [1.54, 1.807) is 20.8 Å². The van der Waals surface area contributed by atoms with E-state index in [-0.39, 0.29) is 0 Å². The molecule has 1 rings (SSSR count). The molecule has 0 unspecified atom stereocenters. The first-order chi connectivity index (χ1) is 8.58. The van der Waals surface area contributed by atoms with Crippen molar-refractivity contribution in [2.24, 2.45) is 5.41 Å². The van der Waals surface area contributed by atoms with Gasteiger partial charge in [-0.1, -0.05) is 0 Å². The highest BCUT2D eigenvalue weighted by atomic mass is 16.6. The van der Waals surface area contributed by atoms with E-state index < -0.39 is 23.0 Å². The SMILES string of the molecule is CC(C)N1CCC(C(=O)O)(C(=O)OC(C)(C)C)CC1. The molecule has 0 aromatic rings. The second-order valence-electron chi connectivity index (χ2n) is 6.52. The van der Waals surface area contributed by atoms with Crippen molar-refractivity contribution in [2.45, 2.75) is 59.1 Å². The molecule has 0 saturated carbocycles. The van der Waals surface area contributed by atoms with E-state index in [0.717, 1.165) is 0 Å². The summed E-state index contributed by atoms with van der Waals surface area (Å²) >= 11 is 0. The number of rotatable bonds is 3. The molecule has 1 N–H and O–H groups in total. The summed E-state index contributed by atoms with van der Waals surface area (Å²) in [5.74, 6) is -1.67. The van der Waals surface area contributed by atoms with Crippen molar-refractivity contribution in [2.75, 3.05) is 13.1 Å². The molecule has 110 valence electrons. The molecule has 1 heterocycles. The Kier molecular flexibility index (Phi) is 4.61. The molecule has 1 fully saturated rings. The topological polar surface area (TPSA) is 66.8 Å². The number of carbonyl (C=O) groups is 2. The summed E-state index contributed by atoms with van der Waals surface area (Å²) in [6.45, 7) is 10.6. The monoisotopic (exact) mass is 271 g/mol. The van der Waals surface area contributed by atoms with Crippen LogP contribution in [0.25, 0.3) is 0 Å². The minimum Gasteiger partial charge on any atom is -0.480 e. The van der Waals surface area contributed by atoms with Crippen LogP contribution in [0.3, 0.4) is 0 Å². The summed E-state index contributed by atoms with van der Waals surface area (Å²) in [6, 6.07) is 0.366. The summed E-state index contributed by atoms with van der Waals surface area (Å²) in [7, 11) is 0. The summed E-state index contributed by atoms with van der Waals surface area (Å²) in [4.78, 5) is 26.0. The quantitative estimate of drug-likeness (QED) is 0.627. The van der Waals surface area contributed by atoms with Gasteiger partial charge in [0.25, 0.3) is 0 Å². The lowest BCUT2D eigenvalue weighted by Crippen LogP contribution is -2.52. The third-order valence-corrected chi connectivity index (χ3v) is 3.58. The van der Waals surface area contributed by atoms with Gasteiger partial charge in [-0.2, -0.15) is 0 Å². The number of likely N-dealkylation sites (tertiary alicyclic amines) is 1. The van der Waals surface area contributed by atoms with E-state index in [4.69, 9.17) is 4.74 Å². The standard InChI is InChI=1S/C14H25NO4/c1-10(2)15-8-6-14(7-9-15,11(16)17)12(18)19-13(3,4)5/h10H,6-9H2,1-5H3,(H,16,17). The molecule has 0 aromatic heterocycles. The van der Waals surface area contributed by atoms with Crippen molar-refractivity contribution < 1.29 is 19.4 Å². The lowest BCUT2D eigenvalue weighted by molar-refractivity contribution is -0.180. The van der Waals surface area contributed by atoms with Gasteiger partial charge in [-0.05, 0) is 47.5 Å². The fraction of sp³-hybridized carbons (Fsp3) is 0.857. The number of carboxylic acid groups (broad SMARTS) is 1. The Labute approximate surface area is 114 Å². The summed E-state index contributed by atoms with van der Waals surface area (Å²) in [5, 5.41) is 9.46. The minimum absolute atomic E-state index is 0.315. The highest BCUT2D eigenvalue weighted by Gasteiger charge is 2.50. The Bertz CT molecular complexity index is 349. The van der Waals surface area contributed by atoms with Crippen molar-refractivity contribution in [1.29, 1.82) is 0 Å². The van der Waals surface area contributed by atoms with E-state index in [0.29, 0.717) is 32.0 Å². The van der Waals surface area contributed by atoms with Crippen molar-refractivity contribution in [1.82, 2.24) is 4.90 Å². The minimum atomic E-state index is -1.38. The third-order valence-electron chi connectivity index (χ3n) is 3.58. The summed E-state index contributed by atoms with van der Waals surface area (Å²) in [5.41, 5.74) is -2.03. The average Bonchev–Trinajstić information content (AvgIpc) is 2.26. The molecule has 1 aliphatic heterocycles. The molecule has 5 heteroatoms. The molecular weight excluding hydrogens is 246 g/mol. The molecule has 1 aliphatic rings. The van der Waals surface area contributed by atoms with Gasteiger partial charge in [-0.25, -0.2) is 0 Å². The Morgan fingerprint density at radius 3 is 2.00 bits per heavy atom. The molecule has 0 amide bonds. The van der Waals surface area contributed by atoms with Crippen LogP contribution in [-0.4, -0.2) is 46.7 Å². The summed E-state index contributed by atoms with van der Waals surface area (Å²) < 4.78 is 5.30. The van der Waals surface area contributed by atoms with Crippen molar-refractivity contribution in [3.8, 4) is 0 Å². The van der Waals surface area contributed by atoms with Crippen LogP contribution in [0.5, 0.6) is 0 Å². The van der Waals surface area contributed by atoms with Crippen LogP contribution >= 0.6 is 0 Å². The number of ether oxygens (including phenoxy) is 1. The zero-order chi connectivity index (χ0) is 14.8. The number of hydrogen-bond acceptors (Lipinski definition) is 4. The van der Waals surface area contributed by atoms with Crippen LogP contribution in [0.15, 0.2) is 0 Å². The maximum atomic E-state index is 12.2. The van der Waals surface area contributed by atoms with Gasteiger partial charge in [0.15, 0.2) is 5.41 Å². The highest BCUT2D eigenvalue weighted by Crippen LogP contribution is 2.35. The first kappa shape index (κ1) is 16.0. The molecule has 1 saturated heterocycles. The molecular formula is C14H25NO4. The molecule has 0 bridgehead atoms. The number of nitrogens with zero attached hydrogens (tertiary/aromatic N) is 1.